The van der Waals surface area contributed by atoms with Gasteiger partial charge in [-0.25, -0.2) is 12.8 Å². The predicted octanol–water partition coefficient (Wildman–Crippen LogP) is 3.71. The van der Waals surface area contributed by atoms with Gasteiger partial charge in [0.2, 0.25) is 0 Å². The average molecular weight is 307 g/mol. The van der Waals surface area contributed by atoms with E-state index in [0.29, 0.717) is 5.92 Å². The zero-order valence-corrected chi connectivity index (χ0v) is 12.2. The molecule has 19 heavy (non-hydrogen) atoms. The number of hydrogen-bond acceptors (Lipinski definition) is 3. The van der Waals surface area contributed by atoms with E-state index in [2.05, 4.69) is 6.92 Å². The normalized spacial score (nSPS) is 24.2. The summed E-state index contributed by atoms with van der Waals surface area (Å²) in [6.45, 7) is 2.14. The van der Waals surface area contributed by atoms with E-state index in [1.807, 2.05) is 0 Å². The Hall–Kier alpha value is -0.810. The topological polar surface area (TPSA) is 43.4 Å². The highest BCUT2D eigenvalue weighted by Gasteiger charge is 2.24. The second kappa shape index (κ2) is 5.67. The maximum absolute atomic E-state index is 13.1. The fourth-order valence-electron chi connectivity index (χ4n) is 2.43. The van der Waals surface area contributed by atoms with Gasteiger partial charge in [0.05, 0.1) is 6.10 Å². The quantitative estimate of drug-likeness (QED) is 0.800. The van der Waals surface area contributed by atoms with E-state index in [4.69, 9.17) is 15.4 Å². The Morgan fingerprint density at radius 2 is 2.11 bits per heavy atom. The molecule has 0 aliphatic heterocycles. The Labute approximate surface area is 117 Å². The van der Waals surface area contributed by atoms with Crippen molar-refractivity contribution in [3.05, 3.63) is 24.0 Å². The van der Waals surface area contributed by atoms with Crippen molar-refractivity contribution in [1.82, 2.24) is 0 Å². The lowest BCUT2D eigenvalue weighted by atomic mass is 9.89. The first-order valence-corrected chi connectivity index (χ1v) is 8.58. The molecular formula is C13H16ClFO3S. The number of rotatable bonds is 3. The summed E-state index contributed by atoms with van der Waals surface area (Å²) in [5, 5.41) is 0. The van der Waals surface area contributed by atoms with Crippen molar-refractivity contribution < 1.29 is 17.5 Å². The molecule has 0 aromatic heterocycles. The summed E-state index contributed by atoms with van der Waals surface area (Å²) in [6, 6.07) is 3.39. The first-order valence-electron chi connectivity index (χ1n) is 6.27. The van der Waals surface area contributed by atoms with Crippen LogP contribution >= 0.6 is 10.7 Å². The van der Waals surface area contributed by atoms with Crippen LogP contribution in [0.2, 0.25) is 0 Å². The minimum atomic E-state index is -4.01. The molecule has 0 radical (unpaired) electrons. The van der Waals surface area contributed by atoms with Crippen LogP contribution in [0.3, 0.4) is 0 Å². The lowest BCUT2D eigenvalue weighted by Gasteiger charge is -2.27. The predicted molar refractivity (Wildman–Crippen MR) is 71.5 cm³/mol. The third-order valence-electron chi connectivity index (χ3n) is 3.35. The van der Waals surface area contributed by atoms with Crippen LogP contribution in [0.5, 0.6) is 5.75 Å². The van der Waals surface area contributed by atoms with Gasteiger partial charge in [0.15, 0.2) is 0 Å². The largest absolute Gasteiger partial charge is 0.489 e. The van der Waals surface area contributed by atoms with E-state index in [1.54, 1.807) is 0 Å². The number of ether oxygens (including phenoxy) is 1. The highest BCUT2D eigenvalue weighted by molar-refractivity contribution is 8.13. The first-order chi connectivity index (χ1) is 8.86. The van der Waals surface area contributed by atoms with E-state index >= 15 is 0 Å². The molecule has 2 unspecified atom stereocenters. The van der Waals surface area contributed by atoms with Crippen molar-refractivity contribution in [3.8, 4) is 5.75 Å². The molecule has 2 atom stereocenters. The summed E-state index contributed by atoms with van der Waals surface area (Å²) < 4.78 is 41.7. The standard InChI is InChI=1S/C13H16ClFO3S/c1-9-3-2-4-11(7-9)18-12-6-5-10(15)8-13(12)19(14,16)17/h5-6,8-9,11H,2-4,7H2,1H3. The van der Waals surface area contributed by atoms with Crippen LogP contribution < -0.4 is 4.74 Å². The van der Waals surface area contributed by atoms with Crippen LogP contribution in [-0.4, -0.2) is 14.5 Å². The summed E-state index contributed by atoms with van der Waals surface area (Å²) in [7, 11) is 1.29. The second-order valence-corrected chi connectivity index (χ2v) is 7.57. The summed E-state index contributed by atoms with van der Waals surface area (Å²) in [4.78, 5) is -0.299. The maximum atomic E-state index is 13.1. The van der Waals surface area contributed by atoms with Gasteiger partial charge < -0.3 is 4.74 Å². The zero-order chi connectivity index (χ0) is 14.0. The molecule has 6 heteroatoms. The molecule has 3 nitrogen and oxygen atoms in total. The lowest BCUT2D eigenvalue weighted by Crippen LogP contribution is -2.24. The molecule has 106 valence electrons. The fraction of sp³-hybridized carbons (Fsp3) is 0.538. The van der Waals surface area contributed by atoms with Crippen LogP contribution in [0.1, 0.15) is 32.6 Å². The summed E-state index contributed by atoms with van der Waals surface area (Å²) in [5.74, 6) is 0.0364. The van der Waals surface area contributed by atoms with Gasteiger partial charge in [-0.3, -0.25) is 0 Å². The van der Waals surface area contributed by atoms with E-state index < -0.39 is 14.9 Å². The first kappa shape index (κ1) is 14.6. The molecular weight excluding hydrogens is 291 g/mol. The molecule has 0 spiro atoms. The van der Waals surface area contributed by atoms with Gasteiger partial charge in [0.25, 0.3) is 9.05 Å². The third-order valence-corrected chi connectivity index (χ3v) is 4.69. The van der Waals surface area contributed by atoms with Gasteiger partial charge in [-0.05, 0) is 43.4 Å². The van der Waals surface area contributed by atoms with Gasteiger partial charge in [0.1, 0.15) is 16.5 Å². The minimum Gasteiger partial charge on any atom is -0.489 e. The number of halogens is 2. The van der Waals surface area contributed by atoms with Gasteiger partial charge in [0, 0.05) is 10.7 Å². The van der Waals surface area contributed by atoms with E-state index in [9.17, 15) is 12.8 Å². The summed E-state index contributed by atoms with van der Waals surface area (Å²) in [5.41, 5.74) is 0. The van der Waals surface area contributed by atoms with Crippen molar-refractivity contribution in [2.24, 2.45) is 5.92 Å². The van der Waals surface area contributed by atoms with Crippen LogP contribution in [0.25, 0.3) is 0 Å². The minimum absolute atomic E-state index is 0.0358. The molecule has 2 rings (SSSR count). The molecule has 1 aliphatic rings. The van der Waals surface area contributed by atoms with Crippen molar-refractivity contribution in [3.63, 3.8) is 0 Å². The fourth-order valence-corrected chi connectivity index (χ4v) is 3.41. The molecule has 1 aromatic rings. The van der Waals surface area contributed by atoms with Crippen LogP contribution in [-0.2, 0) is 9.05 Å². The summed E-state index contributed by atoms with van der Waals surface area (Å²) in [6.07, 6.45) is 3.93. The lowest BCUT2D eigenvalue weighted by molar-refractivity contribution is 0.125. The Kier molecular flexibility index (Phi) is 4.36. The monoisotopic (exact) mass is 306 g/mol. The van der Waals surface area contributed by atoms with Crippen molar-refractivity contribution in [2.75, 3.05) is 0 Å². The van der Waals surface area contributed by atoms with E-state index in [1.165, 1.54) is 12.1 Å². The van der Waals surface area contributed by atoms with Gasteiger partial charge in [-0.15, -0.1) is 0 Å². The SMILES string of the molecule is CC1CCCC(Oc2ccc(F)cc2S(=O)(=O)Cl)C1. The number of hydrogen-bond donors (Lipinski definition) is 0. The maximum Gasteiger partial charge on any atom is 0.265 e. The van der Waals surface area contributed by atoms with Gasteiger partial charge in [-0.1, -0.05) is 13.3 Å². The van der Waals surface area contributed by atoms with Crippen molar-refractivity contribution >= 4 is 19.7 Å². The Bertz CT molecular complexity index is 559. The van der Waals surface area contributed by atoms with Crippen molar-refractivity contribution in [2.45, 2.75) is 43.6 Å². The Morgan fingerprint density at radius 1 is 1.37 bits per heavy atom. The molecule has 0 amide bonds. The molecule has 0 bridgehead atoms. The molecule has 1 saturated carbocycles. The van der Waals surface area contributed by atoms with Gasteiger partial charge in [-0.2, -0.15) is 0 Å². The van der Waals surface area contributed by atoms with Crippen LogP contribution in [0.15, 0.2) is 23.1 Å². The smallest absolute Gasteiger partial charge is 0.265 e. The van der Waals surface area contributed by atoms with Gasteiger partial charge >= 0.3 is 0 Å². The zero-order valence-electron chi connectivity index (χ0n) is 10.6. The highest BCUT2D eigenvalue weighted by atomic mass is 35.7. The van der Waals surface area contributed by atoms with Crippen molar-refractivity contribution in [1.29, 1.82) is 0 Å². The second-order valence-electron chi connectivity index (χ2n) is 5.04. The highest BCUT2D eigenvalue weighted by Crippen LogP contribution is 2.32. The molecule has 1 fully saturated rings. The third kappa shape index (κ3) is 3.83. The molecule has 1 aromatic carbocycles. The molecule has 0 N–H and O–H groups in total. The molecule has 0 saturated heterocycles. The molecule has 1 aliphatic carbocycles. The van der Waals surface area contributed by atoms with Crippen LogP contribution in [0.4, 0.5) is 4.39 Å². The van der Waals surface area contributed by atoms with E-state index in [-0.39, 0.29) is 16.7 Å². The summed E-state index contributed by atoms with van der Waals surface area (Å²) >= 11 is 0. The van der Waals surface area contributed by atoms with E-state index in [0.717, 1.165) is 31.7 Å². The Balaban J connectivity index is 2.25. The Morgan fingerprint density at radius 3 is 2.74 bits per heavy atom. The number of benzene rings is 1. The molecule has 0 heterocycles. The van der Waals surface area contributed by atoms with Crippen LogP contribution in [0, 0.1) is 11.7 Å². The average Bonchev–Trinajstić information content (AvgIpc) is 2.30.